The Morgan fingerprint density at radius 3 is 2.10 bits per heavy atom. The van der Waals surface area contributed by atoms with Gasteiger partial charge in [0.15, 0.2) is 0 Å². The molecule has 0 atom stereocenters. The normalized spacial score (nSPS) is 10.9. The Morgan fingerprint density at radius 1 is 1.30 bits per heavy atom. The molecule has 0 spiro atoms. The zero-order valence-electron chi connectivity index (χ0n) is 5.06. The van der Waals surface area contributed by atoms with Crippen molar-refractivity contribution in [2.24, 2.45) is 0 Å². The first-order valence-electron chi connectivity index (χ1n) is 2.63. The molecule has 3 nitrogen and oxygen atoms in total. The van der Waals surface area contributed by atoms with Crippen molar-refractivity contribution in [2.75, 3.05) is 0 Å². The Labute approximate surface area is 59.7 Å². The third-order valence-electron chi connectivity index (χ3n) is 1.04. The van der Waals surface area contributed by atoms with Gasteiger partial charge in [0.1, 0.15) is 0 Å². The fraction of sp³-hybridized carbons (Fsp3) is 0. The third-order valence-corrected chi connectivity index (χ3v) is 1.91. The molecular formula is C5H5BO3S. The molecular weight excluding hydrogens is 151 g/mol. The van der Waals surface area contributed by atoms with Crippen molar-refractivity contribution >= 4 is 17.0 Å². The third kappa shape index (κ3) is 1.65. The Bertz CT molecular complexity index is 305. The molecule has 1 aromatic heterocycles. The van der Waals surface area contributed by atoms with Crippen molar-refractivity contribution in [3.8, 4) is 0 Å². The van der Waals surface area contributed by atoms with Gasteiger partial charge in [0.25, 0.3) is 0 Å². The first-order valence-corrected chi connectivity index (χ1v) is 4.07. The van der Waals surface area contributed by atoms with Gasteiger partial charge in [-0.1, -0.05) is 0 Å². The van der Waals surface area contributed by atoms with Crippen molar-refractivity contribution in [3.05, 3.63) is 24.1 Å². The van der Waals surface area contributed by atoms with E-state index in [9.17, 15) is 8.42 Å². The molecule has 0 aliphatic heterocycles. The van der Waals surface area contributed by atoms with Crippen LogP contribution in [0.5, 0.6) is 0 Å². The van der Waals surface area contributed by atoms with Gasteiger partial charge in [-0.05, 0) is 0 Å². The molecule has 0 bridgehead atoms. The Hall–Kier alpha value is -0.675. The minimum absolute atomic E-state index is 0.0741. The predicted molar refractivity (Wildman–Crippen MR) is 37.6 cm³/mol. The summed E-state index contributed by atoms with van der Waals surface area (Å²) in [6, 6.07) is 2.66. The van der Waals surface area contributed by atoms with E-state index in [0.717, 1.165) is 0 Å². The number of rotatable bonds is 1. The van der Waals surface area contributed by atoms with E-state index in [0.29, 0.717) is 0 Å². The molecule has 1 N–H and O–H groups in total. The monoisotopic (exact) mass is 156 g/mol. The second kappa shape index (κ2) is 2.52. The van der Waals surface area contributed by atoms with E-state index in [4.69, 9.17) is 4.55 Å². The van der Waals surface area contributed by atoms with Crippen LogP contribution in [0.1, 0.15) is 0 Å². The van der Waals surface area contributed by atoms with Crippen molar-refractivity contribution in [1.29, 1.82) is 0 Å². The first kappa shape index (κ1) is 7.43. The van der Waals surface area contributed by atoms with Crippen LogP contribution in [-0.2, 0) is 10.1 Å². The van der Waals surface area contributed by atoms with Crippen LogP contribution in [0.25, 0.3) is 0 Å². The maximum atomic E-state index is 10.4. The van der Waals surface area contributed by atoms with E-state index >= 15 is 0 Å². The molecule has 1 rings (SSSR count). The van der Waals surface area contributed by atoms with Crippen LogP contribution in [0.15, 0.2) is 29.0 Å². The van der Waals surface area contributed by atoms with Crippen LogP contribution >= 0.6 is 0 Å². The van der Waals surface area contributed by atoms with Crippen LogP contribution in [0, 0.1) is 0 Å². The predicted octanol–water partition coefficient (Wildman–Crippen LogP) is 0.271. The summed E-state index contributed by atoms with van der Waals surface area (Å²) in [6.07, 6.45) is 0. The van der Waals surface area contributed by atoms with Crippen molar-refractivity contribution in [2.45, 2.75) is 4.90 Å². The molecule has 0 aliphatic carbocycles. The second-order valence-corrected chi connectivity index (χ2v) is 3.21. The fourth-order valence-electron chi connectivity index (χ4n) is 0.592. The van der Waals surface area contributed by atoms with Crippen LogP contribution in [0.4, 0.5) is 0 Å². The summed E-state index contributed by atoms with van der Waals surface area (Å²) >= 11 is 0. The van der Waals surface area contributed by atoms with Crippen LogP contribution in [0.2, 0.25) is 0 Å². The summed E-state index contributed by atoms with van der Waals surface area (Å²) in [6.45, 7) is 1.68. The minimum atomic E-state index is -4.00. The van der Waals surface area contributed by atoms with E-state index < -0.39 is 10.1 Å². The second-order valence-electron chi connectivity index (χ2n) is 1.79. The Kier molecular flexibility index (Phi) is 1.87. The van der Waals surface area contributed by atoms with Crippen LogP contribution in [0.3, 0.4) is 0 Å². The van der Waals surface area contributed by atoms with Gasteiger partial charge in [0, 0.05) is 0 Å². The van der Waals surface area contributed by atoms with Gasteiger partial charge in [0.2, 0.25) is 0 Å². The first-order chi connectivity index (χ1) is 4.61. The average molecular weight is 156 g/mol. The summed E-state index contributed by atoms with van der Waals surface area (Å²) in [5.74, 6) is 3.09. The van der Waals surface area contributed by atoms with Gasteiger partial charge >= 0.3 is 59.0 Å². The molecule has 0 radical (unpaired) electrons. The molecule has 10 heavy (non-hydrogen) atoms. The Balaban J connectivity index is 3.22. The molecule has 0 aliphatic rings. The van der Waals surface area contributed by atoms with E-state index in [2.05, 4.69) is 0 Å². The molecule has 52 valence electrons. The van der Waals surface area contributed by atoms with Crippen LogP contribution < -0.4 is 0 Å². The molecule has 0 aromatic carbocycles. The van der Waals surface area contributed by atoms with Gasteiger partial charge in [-0.2, -0.15) is 0 Å². The molecule has 0 amide bonds. The number of hydrogen-bond donors (Lipinski definition) is 1. The summed E-state index contributed by atoms with van der Waals surface area (Å²) < 4.78 is 29.2. The summed E-state index contributed by atoms with van der Waals surface area (Å²) in [7, 11) is -4.00. The molecule has 1 heterocycles. The van der Waals surface area contributed by atoms with Crippen molar-refractivity contribution in [3.63, 3.8) is 0 Å². The van der Waals surface area contributed by atoms with Gasteiger partial charge < -0.3 is 0 Å². The zero-order chi connectivity index (χ0) is 7.61. The fourth-order valence-corrected chi connectivity index (χ4v) is 1.09. The van der Waals surface area contributed by atoms with Crippen LogP contribution in [-0.4, -0.2) is 19.9 Å². The van der Waals surface area contributed by atoms with Crippen molar-refractivity contribution in [1.82, 2.24) is 0 Å². The van der Waals surface area contributed by atoms with Gasteiger partial charge in [-0.15, -0.1) is 0 Å². The molecule has 0 saturated heterocycles. The molecule has 0 fully saturated rings. The standard InChI is InChI=1S/C5H5BO3S/c7-10(8,9)5-1-3-6-4-2-5/h1-4H,(H,7,8,9). The van der Waals surface area contributed by atoms with E-state index in [1.54, 1.807) is 18.8 Å². The SMILES string of the molecule is O=S(=O)(O)c1ccbcc1. The molecule has 0 saturated carbocycles. The molecule has 5 heteroatoms. The topological polar surface area (TPSA) is 54.4 Å². The van der Waals surface area contributed by atoms with Gasteiger partial charge in [-0.25, -0.2) is 0 Å². The molecule has 1 aromatic rings. The molecule has 0 unspecified atom stereocenters. The average Bonchev–Trinajstić information content (AvgIpc) is 1.88. The van der Waals surface area contributed by atoms with E-state index in [1.807, 2.05) is 0 Å². The summed E-state index contributed by atoms with van der Waals surface area (Å²) in [5, 5.41) is 0. The van der Waals surface area contributed by atoms with Gasteiger partial charge in [-0.3, -0.25) is 0 Å². The van der Waals surface area contributed by atoms with Gasteiger partial charge in [0.05, 0.1) is 0 Å². The quantitative estimate of drug-likeness (QED) is 0.593. The summed E-state index contributed by atoms with van der Waals surface area (Å²) in [4.78, 5) is -0.0741. The summed E-state index contributed by atoms with van der Waals surface area (Å²) in [5.41, 5.74) is 0. The Morgan fingerprint density at radius 2 is 1.80 bits per heavy atom. The van der Waals surface area contributed by atoms with Crippen molar-refractivity contribution < 1.29 is 13.0 Å². The maximum absolute atomic E-state index is 10.4. The number of hydrogen-bond acceptors (Lipinski definition) is 2. The zero-order valence-corrected chi connectivity index (χ0v) is 5.88. The van der Waals surface area contributed by atoms with E-state index in [1.165, 1.54) is 12.1 Å². The van der Waals surface area contributed by atoms with E-state index in [-0.39, 0.29) is 4.90 Å².